The Morgan fingerprint density at radius 2 is 1.60 bits per heavy atom. The molecule has 1 atom stereocenters. The molecule has 0 radical (unpaired) electrons. The van der Waals surface area contributed by atoms with E-state index in [4.69, 9.17) is 9.47 Å². The van der Waals surface area contributed by atoms with E-state index in [2.05, 4.69) is 18.8 Å². The highest BCUT2D eigenvalue weighted by Gasteiger charge is 2.15. The van der Waals surface area contributed by atoms with Gasteiger partial charge in [0.2, 0.25) is 0 Å². The van der Waals surface area contributed by atoms with Gasteiger partial charge in [0.05, 0.1) is 13.2 Å². The maximum atomic E-state index is 12.1. The van der Waals surface area contributed by atoms with E-state index in [0.717, 1.165) is 32.1 Å². The summed E-state index contributed by atoms with van der Waals surface area (Å²) in [6, 6.07) is 4.72. The zero-order chi connectivity index (χ0) is 18.5. The number of hydrogen-bond donors (Lipinski definition) is 0. The summed E-state index contributed by atoms with van der Waals surface area (Å²) in [6.07, 6.45) is 7.51. The third-order valence-corrected chi connectivity index (χ3v) is 3.93. The summed E-state index contributed by atoms with van der Waals surface area (Å²) in [5.74, 6) is -0.684. The molecule has 0 amide bonds. The lowest BCUT2D eigenvalue weighted by Gasteiger charge is -2.11. The lowest BCUT2D eigenvalue weighted by atomic mass is 10.1. The summed E-state index contributed by atoms with van der Waals surface area (Å²) in [5.41, 5.74) is 0.283. The predicted molar refractivity (Wildman–Crippen MR) is 97.6 cm³/mol. The molecule has 140 valence electrons. The van der Waals surface area contributed by atoms with Crippen LogP contribution in [0.3, 0.4) is 0 Å². The van der Waals surface area contributed by atoms with E-state index >= 15 is 0 Å². The Kier molecular flexibility index (Phi) is 10.5. The van der Waals surface area contributed by atoms with E-state index in [1.165, 1.54) is 12.8 Å². The molecule has 1 aromatic heterocycles. The number of rotatable bonds is 12. The number of unbranched alkanes of at least 4 members (excludes halogenated alkanes) is 4. The van der Waals surface area contributed by atoms with Crippen molar-refractivity contribution in [2.45, 2.75) is 65.7 Å². The van der Waals surface area contributed by atoms with Crippen LogP contribution in [0.5, 0.6) is 0 Å². The van der Waals surface area contributed by atoms with Crippen LogP contribution in [0.2, 0.25) is 0 Å². The maximum absolute atomic E-state index is 12.1. The molecule has 25 heavy (non-hydrogen) atoms. The summed E-state index contributed by atoms with van der Waals surface area (Å²) in [7, 11) is 0. The number of nitrogens with zero attached hydrogens (tertiary/aromatic N) is 1. The van der Waals surface area contributed by atoms with Crippen molar-refractivity contribution in [2.75, 3.05) is 13.2 Å². The monoisotopic (exact) mass is 349 g/mol. The molecule has 1 unspecified atom stereocenters. The normalized spacial score (nSPS) is 11.8. The molecular formula is C20H31NO4. The first-order chi connectivity index (χ1) is 12.1. The zero-order valence-electron chi connectivity index (χ0n) is 15.8. The Hall–Kier alpha value is -1.91. The molecule has 1 heterocycles. The van der Waals surface area contributed by atoms with Crippen LogP contribution in [-0.4, -0.2) is 30.1 Å². The highest BCUT2D eigenvalue weighted by Crippen LogP contribution is 2.09. The molecule has 0 saturated heterocycles. The van der Waals surface area contributed by atoms with Gasteiger partial charge in [-0.3, -0.25) is 0 Å². The standard InChI is InChI=1S/C20H31NO4/c1-4-6-7-8-9-14-24-19(22)17-12-10-13-18(21-17)20(23)25-15-16(3)11-5-2/h10,12-13,16H,4-9,11,14-15H2,1-3H3. The third kappa shape index (κ3) is 8.66. The fraction of sp³-hybridized carbons (Fsp3) is 0.650. The second kappa shape index (κ2) is 12.5. The highest BCUT2D eigenvalue weighted by molar-refractivity contribution is 5.91. The second-order valence-electron chi connectivity index (χ2n) is 6.45. The second-order valence-corrected chi connectivity index (χ2v) is 6.45. The number of ether oxygens (including phenoxy) is 2. The largest absolute Gasteiger partial charge is 0.461 e. The van der Waals surface area contributed by atoms with E-state index in [1.54, 1.807) is 18.2 Å². The molecule has 1 rings (SSSR count). The fourth-order valence-electron chi connectivity index (χ4n) is 2.47. The molecular weight excluding hydrogens is 318 g/mol. The summed E-state index contributed by atoms with van der Waals surface area (Å²) < 4.78 is 10.5. The first-order valence-corrected chi connectivity index (χ1v) is 9.39. The van der Waals surface area contributed by atoms with Gasteiger partial charge in [-0.2, -0.15) is 0 Å². The number of carbonyl (C=O) groups is 2. The van der Waals surface area contributed by atoms with Crippen LogP contribution in [0.15, 0.2) is 18.2 Å². The molecule has 0 aliphatic carbocycles. The number of pyridine rings is 1. The van der Waals surface area contributed by atoms with Crippen molar-refractivity contribution < 1.29 is 19.1 Å². The average molecular weight is 349 g/mol. The van der Waals surface area contributed by atoms with Gasteiger partial charge in [-0.05, 0) is 30.9 Å². The minimum atomic E-state index is -0.503. The van der Waals surface area contributed by atoms with Gasteiger partial charge < -0.3 is 9.47 Å². The molecule has 1 aromatic rings. The number of esters is 2. The van der Waals surface area contributed by atoms with Gasteiger partial charge in [0.1, 0.15) is 11.4 Å². The van der Waals surface area contributed by atoms with E-state index in [0.29, 0.717) is 19.1 Å². The van der Waals surface area contributed by atoms with Gasteiger partial charge in [-0.15, -0.1) is 0 Å². The molecule has 0 spiro atoms. The molecule has 0 aliphatic heterocycles. The average Bonchev–Trinajstić information content (AvgIpc) is 2.62. The van der Waals surface area contributed by atoms with E-state index < -0.39 is 11.9 Å². The van der Waals surface area contributed by atoms with Gasteiger partial charge in [0, 0.05) is 0 Å². The van der Waals surface area contributed by atoms with Crippen LogP contribution < -0.4 is 0 Å². The van der Waals surface area contributed by atoms with Crippen LogP contribution in [0, 0.1) is 5.92 Å². The van der Waals surface area contributed by atoms with Crippen LogP contribution in [0.1, 0.15) is 86.7 Å². The quantitative estimate of drug-likeness (QED) is 0.400. The first-order valence-electron chi connectivity index (χ1n) is 9.39. The molecule has 5 nitrogen and oxygen atoms in total. The molecule has 0 aliphatic rings. The van der Waals surface area contributed by atoms with Crippen LogP contribution >= 0.6 is 0 Å². The van der Waals surface area contributed by atoms with Crippen molar-refractivity contribution in [3.05, 3.63) is 29.6 Å². The maximum Gasteiger partial charge on any atom is 0.356 e. The first kappa shape index (κ1) is 21.1. The SMILES string of the molecule is CCCCCCCOC(=O)c1cccc(C(=O)OCC(C)CCC)n1. The van der Waals surface area contributed by atoms with Crippen molar-refractivity contribution in [1.29, 1.82) is 0 Å². The molecule has 0 N–H and O–H groups in total. The molecule has 0 fully saturated rings. The Labute approximate surface area is 151 Å². The summed E-state index contributed by atoms with van der Waals surface area (Å²) in [6.45, 7) is 7.04. The summed E-state index contributed by atoms with van der Waals surface area (Å²) >= 11 is 0. The number of carbonyl (C=O) groups excluding carboxylic acids is 2. The van der Waals surface area contributed by atoms with Crippen LogP contribution in [0.4, 0.5) is 0 Å². The lowest BCUT2D eigenvalue weighted by molar-refractivity contribution is 0.0435. The predicted octanol–water partition coefficient (Wildman–Crippen LogP) is 4.80. The Morgan fingerprint density at radius 3 is 2.24 bits per heavy atom. The molecule has 0 saturated carbocycles. The van der Waals surface area contributed by atoms with Crippen LogP contribution in [0.25, 0.3) is 0 Å². The van der Waals surface area contributed by atoms with Crippen molar-refractivity contribution in [1.82, 2.24) is 4.98 Å². The van der Waals surface area contributed by atoms with Crippen molar-refractivity contribution >= 4 is 11.9 Å². The lowest BCUT2D eigenvalue weighted by Crippen LogP contribution is -2.15. The topological polar surface area (TPSA) is 65.5 Å². The van der Waals surface area contributed by atoms with E-state index in [-0.39, 0.29) is 11.4 Å². The highest BCUT2D eigenvalue weighted by atomic mass is 16.5. The van der Waals surface area contributed by atoms with Crippen LogP contribution in [-0.2, 0) is 9.47 Å². The molecule has 0 bridgehead atoms. The smallest absolute Gasteiger partial charge is 0.356 e. The minimum Gasteiger partial charge on any atom is -0.461 e. The molecule has 0 aromatic carbocycles. The number of hydrogen-bond acceptors (Lipinski definition) is 5. The molecule has 5 heteroatoms. The fourth-order valence-corrected chi connectivity index (χ4v) is 2.47. The van der Waals surface area contributed by atoms with E-state index in [1.807, 2.05) is 6.92 Å². The van der Waals surface area contributed by atoms with Crippen molar-refractivity contribution in [3.8, 4) is 0 Å². The summed E-state index contributed by atoms with van der Waals surface area (Å²) in [4.78, 5) is 28.2. The van der Waals surface area contributed by atoms with Gasteiger partial charge in [0.15, 0.2) is 0 Å². The van der Waals surface area contributed by atoms with Gasteiger partial charge >= 0.3 is 11.9 Å². The minimum absolute atomic E-state index is 0.140. The Bertz CT molecular complexity index is 530. The Balaban J connectivity index is 2.45. The Morgan fingerprint density at radius 1 is 0.960 bits per heavy atom. The van der Waals surface area contributed by atoms with Crippen molar-refractivity contribution in [2.24, 2.45) is 5.92 Å². The summed E-state index contributed by atoms with van der Waals surface area (Å²) in [5, 5.41) is 0. The van der Waals surface area contributed by atoms with Gasteiger partial charge in [0.25, 0.3) is 0 Å². The van der Waals surface area contributed by atoms with Gasteiger partial charge in [-0.1, -0.05) is 58.9 Å². The number of aromatic nitrogens is 1. The van der Waals surface area contributed by atoms with Gasteiger partial charge in [-0.25, -0.2) is 14.6 Å². The van der Waals surface area contributed by atoms with Crippen molar-refractivity contribution in [3.63, 3.8) is 0 Å². The zero-order valence-corrected chi connectivity index (χ0v) is 15.8. The van der Waals surface area contributed by atoms with E-state index in [9.17, 15) is 9.59 Å². The third-order valence-electron chi connectivity index (χ3n) is 3.93.